The van der Waals surface area contributed by atoms with Crippen LogP contribution in [0.2, 0.25) is 0 Å². The third kappa shape index (κ3) is 6.31. The minimum atomic E-state index is -4.21. The quantitative estimate of drug-likeness (QED) is 0.726. The molecule has 0 aromatic heterocycles. The molecule has 0 bridgehead atoms. The van der Waals surface area contributed by atoms with Crippen LogP contribution in [0.5, 0.6) is 11.5 Å². The second-order valence-corrected chi connectivity index (χ2v) is 5.67. The SMILES string of the molecule is CCOc1cc([C@@H](N)CCC(F)(F)F)ccc1OCc1ccccc1. The zero-order valence-corrected chi connectivity index (χ0v) is 14.1. The van der Waals surface area contributed by atoms with Crippen molar-refractivity contribution >= 4 is 0 Å². The van der Waals surface area contributed by atoms with Crippen molar-refractivity contribution in [2.75, 3.05) is 6.61 Å². The Bertz CT molecular complexity index is 659. The number of hydrogen-bond acceptors (Lipinski definition) is 3. The summed E-state index contributed by atoms with van der Waals surface area (Å²) >= 11 is 0. The maximum absolute atomic E-state index is 12.4. The number of rotatable bonds is 8. The van der Waals surface area contributed by atoms with E-state index in [1.165, 1.54) is 0 Å². The van der Waals surface area contributed by atoms with Gasteiger partial charge < -0.3 is 15.2 Å². The predicted molar refractivity (Wildman–Crippen MR) is 90.6 cm³/mol. The molecule has 0 radical (unpaired) electrons. The van der Waals surface area contributed by atoms with Gasteiger partial charge in [-0.25, -0.2) is 0 Å². The van der Waals surface area contributed by atoms with Crippen molar-refractivity contribution < 1.29 is 22.6 Å². The van der Waals surface area contributed by atoms with Crippen LogP contribution in [0.15, 0.2) is 48.5 Å². The van der Waals surface area contributed by atoms with E-state index in [0.29, 0.717) is 30.3 Å². The average Bonchev–Trinajstić information content (AvgIpc) is 2.59. The summed E-state index contributed by atoms with van der Waals surface area (Å²) in [6.45, 7) is 2.63. The number of benzene rings is 2. The van der Waals surface area contributed by atoms with Gasteiger partial charge in [0.1, 0.15) is 6.61 Å². The third-order valence-corrected chi connectivity index (χ3v) is 3.67. The zero-order chi connectivity index (χ0) is 18.3. The van der Waals surface area contributed by atoms with E-state index in [1.807, 2.05) is 37.3 Å². The molecule has 0 amide bonds. The average molecular weight is 353 g/mol. The topological polar surface area (TPSA) is 44.5 Å². The number of nitrogens with two attached hydrogens (primary N) is 1. The Morgan fingerprint density at radius 1 is 1.00 bits per heavy atom. The van der Waals surface area contributed by atoms with Gasteiger partial charge in [-0.1, -0.05) is 36.4 Å². The van der Waals surface area contributed by atoms with E-state index < -0.39 is 18.6 Å². The number of alkyl halides is 3. The first-order valence-electron chi connectivity index (χ1n) is 8.15. The summed E-state index contributed by atoms with van der Waals surface area (Å²) in [4.78, 5) is 0. The Labute approximate surface area is 145 Å². The molecule has 1 atom stereocenters. The highest BCUT2D eigenvalue weighted by molar-refractivity contribution is 5.44. The van der Waals surface area contributed by atoms with Gasteiger partial charge in [-0.3, -0.25) is 0 Å². The summed E-state index contributed by atoms with van der Waals surface area (Å²) in [5.74, 6) is 1.02. The van der Waals surface area contributed by atoms with Crippen LogP contribution in [0.3, 0.4) is 0 Å². The maximum Gasteiger partial charge on any atom is 0.389 e. The van der Waals surface area contributed by atoms with Crippen molar-refractivity contribution in [3.05, 3.63) is 59.7 Å². The van der Waals surface area contributed by atoms with Crippen LogP contribution >= 0.6 is 0 Å². The van der Waals surface area contributed by atoms with Gasteiger partial charge in [0.25, 0.3) is 0 Å². The van der Waals surface area contributed by atoms with Crippen molar-refractivity contribution in [3.63, 3.8) is 0 Å². The number of ether oxygens (including phenoxy) is 2. The van der Waals surface area contributed by atoms with E-state index in [4.69, 9.17) is 15.2 Å². The van der Waals surface area contributed by atoms with Crippen LogP contribution in [-0.2, 0) is 6.61 Å². The monoisotopic (exact) mass is 353 g/mol. The lowest BCUT2D eigenvalue weighted by Gasteiger charge is -2.17. The molecule has 0 aliphatic rings. The largest absolute Gasteiger partial charge is 0.490 e. The fourth-order valence-electron chi connectivity index (χ4n) is 2.36. The van der Waals surface area contributed by atoms with E-state index >= 15 is 0 Å². The Morgan fingerprint density at radius 2 is 1.72 bits per heavy atom. The Morgan fingerprint density at radius 3 is 2.36 bits per heavy atom. The molecule has 2 aromatic carbocycles. The highest BCUT2D eigenvalue weighted by Gasteiger charge is 2.28. The lowest BCUT2D eigenvalue weighted by molar-refractivity contribution is -0.136. The number of hydrogen-bond donors (Lipinski definition) is 1. The van der Waals surface area contributed by atoms with Gasteiger partial charge in [0.05, 0.1) is 6.61 Å². The van der Waals surface area contributed by atoms with Gasteiger partial charge in [-0.15, -0.1) is 0 Å². The van der Waals surface area contributed by atoms with Crippen molar-refractivity contribution in [2.24, 2.45) is 5.73 Å². The second-order valence-electron chi connectivity index (χ2n) is 5.67. The van der Waals surface area contributed by atoms with Crippen LogP contribution < -0.4 is 15.2 Å². The molecule has 0 heterocycles. The fraction of sp³-hybridized carbons (Fsp3) is 0.368. The summed E-state index contributed by atoms with van der Waals surface area (Å²) in [6.07, 6.45) is -5.29. The highest BCUT2D eigenvalue weighted by Crippen LogP contribution is 2.33. The van der Waals surface area contributed by atoms with Crippen LogP contribution in [0.4, 0.5) is 13.2 Å². The molecule has 0 aliphatic carbocycles. The Balaban J connectivity index is 2.08. The summed E-state index contributed by atoms with van der Waals surface area (Å²) < 4.78 is 48.4. The van der Waals surface area contributed by atoms with Gasteiger partial charge in [-0.2, -0.15) is 13.2 Å². The number of halogens is 3. The van der Waals surface area contributed by atoms with Gasteiger partial charge in [-0.05, 0) is 36.6 Å². The van der Waals surface area contributed by atoms with E-state index in [0.717, 1.165) is 5.56 Å². The molecule has 0 saturated heterocycles. The Hall–Kier alpha value is -2.21. The minimum absolute atomic E-state index is 0.167. The molecule has 6 heteroatoms. The normalized spacial score (nSPS) is 12.7. The van der Waals surface area contributed by atoms with Crippen molar-refractivity contribution in [3.8, 4) is 11.5 Å². The lowest BCUT2D eigenvalue weighted by atomic mass is 10.0. The second kappa shape index (κ2) is 8.76. The molecule has 2 rings (SSSR count). The molecule has 2 aromatic rings. The smallest absolute Gasteiger partial charge is 0.389 e. The van der Waals surface area contributed by atoms with E-state index in [1.54, 1.807) is 18.2 Å². The van der Waals surface area contributed by atoms with Crippen LogP contribution in [0, 0.1) is 0 Å². The fourth-order valence-corrected chi connectivity index (χ4v) is 2.36. The van der Waals surface area contributed by atoms with Gasteiger partial charge >= 0.3 is 6.18 Å². The molecule has 25 heavy (non-hydrogen) atoms. The molecular weight excluding hydrogens is 331 g/mol. The first kappa shape index (κ1) is 19.1. The maximum atomic E-state index is 12.4. The van der Waals surface area contributed by atoms with Crippen molar-refractivity contribution in [1.82, 2.24) is 0 Å². The van der Waals surface area contributed by atoms with Gasteiger partial charge in [0.15, 0.2) is 11.5 Å². The van der Waals surface area contributed by atoms with E-state index in [9.17, 15) is 13.2 Å². The molecule has 0 aliphatic heterocycles. The summed E-state index contributed by atoms with van der Waals surface area (Å²) in [5.41, 5.74) is 7.49. The zero-order valence-electron chi connectivity index (χ0n) is 14.1. The minimum Gasteiger partial charge on any atom is -0.490 e. The predicted octanol–water partition coefficient (Wildman–Crippen LogP) is 5.01. The molecule has 0 saturated carbocycles. The van der Waals surface area contributed by atoms with Crippen LogP contribution in [0.25, 0.3) is 0 Å². The molecule has 0 fully saturated rings. The summed E-state index contributed by atoms with van der Waals surface area (Å²) in [6, 6.07) is 14.0. The summed E-state index contributed by atoms with van der Waals surface area (Å²) in [5, 5.41) is 0. The van der Waals surface area contributed by atoms with Gasteiger partial charge in [0.2, 0.25) is 0 Å². The third-order valence-electron chi connectivity index (χ3n) is 3.67. The van der Waals surface area contributed by atoms with Gasteiger partial charge in [0, 0.05) is 12.5 Å². The first-order valence-corrected chi connectivity index (χ1v) is 8.15. The molecule has 136 valence electrons. The standard InChI is InChI=1S/C19H22F3NO2/c1-2-24-18-12-15(16(23)10-11-19(20,21)22)8-9-17(18)25-13-14-6-4-3-5-7-14/h3-9,12,16H,2,10-11,13,23H2,1H3/t16-/m0/s1. The Kier molecular flexibility index (Phi) is 6.70. The molecular formula is C19H22F3NO2. The first-order chi connectivity index (χ1) is 11.9. The molecule has 0 unspecified atom stereocenters. The van der Waals surface area contributed by atoms with E-state index in [-0.39, 0.29) is 6.42 Å². The lowest BCUT2D eigenvalue weighted by Crippen LogP contribution is -2.16. The van der Waals surface area contributed by atoms with Crippen molar-refractivity contribution in [1.29, 1.82) is 0 Å². The molecule has 2 N–H and O–H groups in total. The van der Waals surface area contributed by atoms with Crippen molar-refractivity contribution in [2.45, 2.75) is 38.6 Å². The molecule has 3 nitrogen and oxygen atoms in total. The highest BCUT2D eigenvalue weighted by atomic mass is 19.4. The molecule has 0 spiro atoms. The van der Waals surface area contributed by atoms with Crippen LogP contribution in [-0.4, -0.2) is 12.8 Å². The summed E-state index contributed by atoms with van der Waals surface area (Å²) in [7, 11) is 0. The van der Waals surface area contributed by atoms with E-state index in [2.05, 4.69) is 0 Å². The van der Waals surface area contributed by atoms with Crippen LogP contribution in [0.1, 0.15) is 36.9 Å².